The number of hydrogen-bond acceptors (Lipinski definition) is 4. The molecular weight excluding hydrogens is 195 g/mol. The second-order valence-corrected chi connectivity index (χ2v) is 3.04. The molecule has 1 rings (SSSR count). The van der Waals surface area contributed by atoms with E-state index in [2.05, 4.69) is 5.32 Å². The van der Waals surface area contributed by atoms with Gasteiger partial charge in [0.05, 0.1) is 0 Å². The molecule has 5 N–H and O–H groups in total. The number of nitrogens with one attached hydrogen (secondary N) is 1. The van der Waals surface area contributed by atoms with Gasteiger partial charge in [-0.2, -0.15) is 0 Å². The van der Waals surface area contributed by atoms with Gasteiger partial charge < -0.3 is 21.1 Å². The lowest BCUT2D eigenvalue weighted by Crippen LogP contribution is -2.31. The number of nitrogens with two attached hydrogens (primary N) is 1. The van der Waals surface area contributed by atoms with Crippen molar-refractivity contribution in [1.29, 1.82) is 0 Å². The molecule has 0 spiro atoms. The Hall–Kier alpha value is -1.37. The van der Waals surface area contributed by atoms with E-state index in [1.54, 1.807) is 0 Å². The summed E-state index contributed by atoms with van der Waals surface area (Å²) < 4.78 is 0. The molecule has 80 valence electrons. The van der Waals surface area contributed by atoms with Gasteiger partial charge in [-0.3, -0.25) is 4.79 Å². The van der Waals surface area contributed by atoms with Crippen molar-refractivity contribution in [3.05, 3.63) is 29.8 Å². The number of amides is 1. The molecule has 0 saturated heterocycles. The fraction of sp³-hybridized carbons (Fsp3) is 0.222. The third-order valence-electron chi connectivity index (χ3n) is 1.90. The molecule has 0 bridgehead atoms. The molecule has 0 heterocycles. The molecule has 15 heavy (non-hydrogen) atoms. The third-order valence-corrected chi connectivity index (χ3v) is 1.90. The van der Waals surface area contributed by atoms with E-state index in [4.69, 9.17) is 15.8 Å². The van der Waals surface area contributed by atoms with Gasteiger partial charge in [0.2, 0.25) is 0 Å². The first-order chi connectivity index (χ1) is 7.15. The molecule has 1 aromatic rings. The van der Waals surface area contributed by atoms with Crippen molar-refractivity contribution < 1.29 is 14.8 Å². The number of rotatable bonds is 4. The zero-order valence-corrected chi connectivity index (χ0v) is 8.18. The molecule has 0 radical (unpaired) electrons. The summed E-state index contributed by atoms with van der Waals surface area (Å²) in [5, 5.41) is 20.3. The van der Waals surface area contributed by atoms with Crippen LogP contribution in [0.5, 0.6) is 0 Å². The Morgan fingerprint density at radius 2 is 1.93 bits per heavy atom. The lowest BCUT2D eigenvalue weighted by atomic mass is 9.80. The summed E-state index contributed by atoms with van der Waals surface area (Å²) in [6, 6.07) is 6.03. The van der Waals surface area contributed by atoms with Crippen molar-refractivity contribution in [3.63, 3.8) is 0 Å². The lowest BCUT2D eigenvalue weighted by Gasteiger charge is -2.04. The summed E-state index contributed by atoms with van der Waals surface area (Å²) in [7, 11) is -1.51. The van der Waals surface area contributed by atoms with Crippen LogP contribution < -0.4 is 16.5 Å². The van der Waals surface area contributed by atoms with Crippen LogP contribution in [0.25, 0.3) is 0 Å². The standard InChI is InChI=1S/C9H13BN2O3/c11-5-6-12-9(13)7-1-3-8(4-2-7)10(14)15/h1-4,14-15H,5-6,11H2,(H,12,13). The lowest BCUT2D eigenvalue weighted by molar-refractivity contribution is 0.0954. The first-order valence-electron chi connectivity index (χ1n) is 4.59. The van der Waals surface area contributed by atoms with E-state index in [0.29, 0.717) is 24.1 Å². The van der Waals surface area contributed by atoms with Crippen molar-refractivity contribution in [2.45, 2.75) is 0 Å². The summed E-state index contributed by atoms with van der Waals surface area (Å²) in [6.45, 7) is 0.808. The van der Waals surface area contributed by atoms with Crippen molar-refractivity contribution in [2.24, 2.45) is 5.73 Å². The highest BCUT2D eigenvalue weighted by atomic mass is 16.4. The van der Waals surface area contributed by atoms with E-state index in [-0.39, 0.29) is 5.91 Å². The van der Waals surface area contributed by atoms with Crippen LogP contribution in [0.2, 0.25) is 0 Å². The van der Waals surface area contributed by atoms with Crippen LogP contribution >= 0.6 is 0 Å². The maximum atomic E-state index is 11.4. The van der Waals surface area contributed by atoms with Crippen LogP contribution in [0.3, 0.4) is 0 Å². The van der Waals surface area contributed by atoms with Crippen LogP contribution in [0.4, 0.5) is 0 Å². The van der Waals surface area contributed by atoms with Gasteiger partial charge >= 0.3 is 7.12 Å². The van der Waals surface area contributed by atoms with Crippen molar-refractivity contribution in [1.82, 2.24) is 5.32 Å². The highest BCUT2D eigenvalue weighted by Crippen LogP contribution is 1.96. The first kappa shape index (κ1) is 11.7. The molecule has 0 fully saturated rings. The minimum absolute atomic E-state index is 0.223. The Balaban J connectivity index is 2.67. The Bertz CT molecular complexity index is 327. The molecule has 0 aromatic heterocycles. The molecule has 1 amide bonds. The second kappa shape index (κ2) is 5.50. The molecule has 0 saturated carbocycles. The fourth-order valence-corrected chi connectivity index (χ4v) is 1.09. The highest BCUT2D eigenvalue weighted by Gasteiger charge is 2.11. The molecule has 0 aliphatic carbocycles. The Morgan fingerprint density at radius 1 is 1.33 bits per heavy atom. The molecule has 0 aliphatic rings. The van der Waals surface area contributed by atoms with E-state index < -0.39 is 7.12 Å². The maximum Gasteiger partial charge on any atom is 0.488 e. The smallest absolute Gasteiger partial charge is 0.423 e. The maximum absolute atomic E-state index is 11.4. The molecule has 0 aliphatic heterocycles. The zero-order valence-electron chi connectivity index (χ0n) is 8.18. The first-order valence-corrected chi connectivity index (χ1v) is 4.59. The monoisotopic (exact) mass is 208 g/mol. The summed E-state index contributed by atoms with van der Waals surface area (Å²) >= 11 is 0. The Kier molecular flexibility index (Phi) is 4.29. The van der Waals surface area contributed by atoms with E-state index >= 15 is 0 Å². The van der Waals surface area contributed by atoms with E-state index in [0.717, 1.165) is 0 Å². The number of hydrogen-bond donors (Lipinski definition) is 4. The zero-order chi connectivity index (χ0) is 11.3. The Labute approximate surface area is 88.1 Å². The van der Waals surface area contributed by atoms with Crippen LogP contribution in [-0.2, 0) is 0 Å². The molecular formula is C9H13BN2O3. The predicted octanol–water partition coefficient (Wildman–Crippen LogP) is -1.95. The van der Waals surface area contributed by atoms with Gasteiger partial charge in [0.1, 0.15) is 0 Å². The van der Waals surface area contributed by atoms with Crippen LogP contribution in [0.15, 0.2) is 24.3 Å². The largest absolute Gasteiger partial charge is 0.488 e. The summed E-state index contributed by atoms with van der Waals surface area (Å²) in [5.41, 5.74) is 6.06. The van der Waals surface area contributed by atoms with E-state index in [9.17, 15) is 4.79 Å². The quantitative estimate of drug-likeness (QED) is 0.432. The van der Waals surface area contributed by atoms with Crippen molar-refractivity contribution >= 4 is 18.5 Å². The van der Waals surface area contributed by atoms with Crippen molar-refractivity contribution in [3.8, 4) is 0 Å². The van der Waals surface area contributed by atoms with Gasteiger partial charge in [0, 0.05) is 18.7 Å². The summed E-state index contributed by atoms with van der Waals surface area (Å²) in [6.07, 6.45) is 0. The number of benzene rings is 1. The number of carbonyl (C=O) groups excluding carboxylic acids is 1. The minimum Gasteiger partial charge on any atom is -0.423 e. The average molecular weight is 208 g/mol. The molecule has 5 nitrogen and oxygen atoms in total. The predicted molar refractivity (Wildman–Crippen MR) is 57.7 cm³/mol. The molecule has 6 heteroatoms. The van der Waals surface area contributed by atoms with Gasteiger partial charge in [0.15, 0.2) is 0 Å². The van der Waals surface area contributed by atoms with Gasteiger partial charge in [-0.05, 0) is 17.6 Å². The van der Waals surface area contributed by atoms with Gasteiger partial charge in [-0.15, -0.1) is 0 Å². The van der Waals surface area contributed by atoms with E-state index in [1.807, 2.05) is 0 Å². The van der Waals surface area contributed by atoms with Gasteiger partial charge in [-0.25, -0.2) is 0 Å². The second-order valence-electron chi connectivity index (χ2n) is 3.04. The fourth-order valence-electron chi connectivity index (χ4n) is 1.09. The topological polar surface area (TPSA) is 95.6 Å². The van der Waals surface area contributed by atoms with Crippen molar-refractivity contribution in [2.75, 3.05) is 13.1 Å². The third kappa shape index (κ3) is 3.36. The highest BCUT2D eigenvalue weighted by molar-refractivity contribution is 6.58. The molecule has 1 aromatic carbocycles. The average Bonchev–Trinajstić information content (AvgIpc) is 2.26. The van der Waals surface area contributed by atoms with Crippen LogP contribution in [-0.4, -0.2) is 36.2 Å². The Morgan fingerprint density at radius 3 is 2.40 bits per heavy atom. The SMILES string of the molecule is NCCNC(=O)c1ccc(B(O)O)cc1. The number of carbonyl (C=O) groups is 1. The summed E-state index contributed by atoms with van der Waals surface area (Å²) in [4.78, 5) is 11.4. The summed E-state index contributed by atoms with van der Waals surface area (Å²) in [5.74, 6) is -0.223. The van der Waals surface area contributed by atoms with Gasteiger partial charge in [-0.1, -0.05) is 12.1 Å². The van der Waals surface area contributed by atoms with Crippen LogP contribution in [0, 0.1) is 0 Å². The normalized spacial score (nSPS) is 9.80. The van der Waals surface area contributed by atoms with Crippen LogP contribution in [0.1, 0.15) is 10.4 Å². The molecule has 0 unspecified atom stereocenters. The molecule has 0 atom stereocenters. The minimum atomic E-state index is -1.51. The van der Waals surface area contributed by atoms with E-state index in [1.165, 1.54) is 24.3 Å². The van der Waals surface area contributed by atoms with Gasteiger partial charge in [0.25, 0.3) is 5.91 Å².